The Bertz CT molecular complexity index is 311. The van der Waals surface area contributed by atoms with Crippen molar-refractivity contribution in [3.05, 3.63) is 23.8 Å². The summed E-state index contributed by atoms with van der Waals surface area (Å²) in [5, 5.41) is 0. The molecular formula is C13H18O. The molecule has 14 heavy (non-hydrogen) atoms. The van der Waals surface area contributed by atoms with Crippen molar-refractivity contribution in [3.8, 4) is 0 Å². The summed E-state index contributed by atoms with van der Waals surface area (Å²) in [6.45, 7) is 6.56. The van der Waals surface area contributed by atoms with Crippen molar-refractivity contribution < 1.29 is 4.79 Å². The largest absolute Gasteiger partial charge is 0.294 e. The normalized spacial score (nSPS) is 41.9. The van der Waals surface area contributed by atoms with Gasteiger partial charge in [0.1, 0.15) is 0 Å². The first-order valence-corrected chi connectivity index (χ1v) is 5.54. The van der Waals surface area contributed by atoms with E-state index in [4.69, 9.17) is 0 Å². The Morgan fingerprint density at radius 3 is 2.64 bits per heavy atom. The maximum atomic E-state index is 12.0. The Labute approximate surface area is 85.9 Å². The number of hydrogen-bond acceptors (Lipinski definition) is 1. The standard InChI is InChI=1S/C13H18O/c1-8-9(2)11-6-4-5-7-12(11)13(14)10(8)3/h4-5,7-11H,6H2,1-3H3. The summed E-state index contributed by atoms with van der Waals surface area (Å²) in [7, 11) is 0. The summed E-state index contributed by atoms with van der Waals surface area (Å²) < 4.78 is 0. The molecule has 2 rings (SSSR count). The third kappa shape index (κ3) is 1.26. The Morgan fingerprint density at radius 1 is 1.21 bits per heavy atom. The van der Waals surface area contributed by atoms with Crippen LogP contribution < -0.4 is 0 Å². The van der Waals surface area contributed by atoms with E-state index in [1.54, 1.807) is 0 Å². The van der Waals surface area contributed by atoms with E-state index in [1.165, 1.54) is 0 Å². The summed E-state index contributed by atoms with van der Waals surface area (Å²) in [4.78, 5) is 12.0. The molecule has 0 radical (unpaired) electrons. The molecule has 4 atom stereocenters. The molecule has 1 heteroatoms. The minimum absolute atomic E-state index is 0.207. The van der Waals surface area contributed by atoms with Crippen LogP contribution in [0, 0.1) is 23.7 Å². The van der Waals surface area contributed by atoms with Crippen LogP contribution in [-0.4, -0.2) is 5.78 Å². The van der Waals surface area contributed by atoms with Crippen LogP contribution in [0.3, 0.4) is 0 Å². The molecule has 0 aliphatic heterocycles. The van der Waals surface area contributed by atoms with E-state index in [0.29, 0.717) is 23.5 Å². The first-order chi connectivity index (χ1) is 6.63. The van der Waals surface area contributed by atoms with Gasteiger partial charge in [-0.25, -0.2) is 0 Å². The lowest BCUT2D eigenvalue weighted by Gasteiger charge is -2.39. The van der Waals surface area contributed by atoms with Gasteiger partial charge in [0.15, 0.2) is 5.78 Å². The van der Waals surface area contributed by atoms with Crippen molar-refractivity contribution in [2.45, 2.75) is 27.2 Å². The molecule has 0 bridgehead atoms. The lowest BCUT2D eigenvalue weighted by atomic mass is 9.63. The molecule has 0 aromatic rings. The van der Waals surface area contributed by atoms with Gasteiger partial charge in [-0.05, 0) is 29.7 Å². The lowest BCUT2D eigenvalue weighted by molar-refractivity contribution is -0.123. The van der Waals surface area contributed by atoms with Gasteiger partial charge in [0.05, 0.1) is 0 Å². The Kier molecular flexibility index (Phi) is 2.34. The van der Waals surface area contributed by atoms with Crippen LogP contribution in [0.4, 0.5) is 0 Å². The minimum Gasteiger partial charge on any atom is -0.294 e. The van der Waals surface area contributed by atoms with Gasteiger partial charge < -0.3 is 0 Å². The molecule has 1 nitrogen and oxygen atoms in total. The van der Waals surface area contributed by atoms with Crippen LogP contribution in [-0.2, 0) is 4.79 Å². The highest BCUT2D eigenvalue weighted by atomic mass is 16.1. The van der Waals surface area contributed by atoms with E-state index < -0.39 is 0 Å². The summed E-state index contributed by atoms with van der Waals surface area (Å²) in [5.74, 6) is 2.23. The third-order valence-electron chi connectivity index (χ3n) is 4.15. The molecule has 0 aromatic carbocycles. The van der Waals surface area contributed by atoms with Crippen molar-refractivity contribution in [3.63, 3.8) is 0 Å². The minimum atomic E-state index is 0.207. The Balaban J connectivity index is 2.36. The second-order valence-corrected chi connectivity index (χ2v) is 4.76. The van der Waals surface area contributed by atoms with Crippen molar-refractivity contribution in [1.29, 1.82) is 0 Å². The molecule has 76 valence electrons. The maximum absolute atomic E-state index is 12.0. The van der Waals surface area contributed by atoms with Crippen LogP contribution >= 0.6 is 0 Å². The zero-order chi connectivity index (χ0) is 10.3. The van der Waals surface area contributed by atoms with E-state index in [1.807, 2.05) is 12.2 Å². The topological polar surface area (TPSA) is 17.1 Å². The van der Waals surface area contributed by atoms with E-state index in [2.05, 4.69) is 26.8 Å². The summed E-state index contributed by atoms with van der Waals surface area (Å²) >= 11 is 0. The summed E-state index contributed by atoms with van der Waals surface area (Å²) in [6, 6.07) is 0. The highest BCUT2D eigenvalue weighted by molar-refractivity contribution is 5.99. The van der Waals surface area contributed by atoms with Gasteiger partial charge in [0.2, 0.25) is 0 Å². The fraction of sp³-hybridized carbons (Fsp3) is 0.615. The number of fused-ring (bicyclic) bond motifs is 1. The van der Waals surface area contributed by atoms with E-state index in [-0.39, 0.29) is 5.92 Å². The van der Waals surface area contributed by atoms with Gasteiger partial charge in [0, 0.05) is 5.92 Å². The first-order valence-electron chi connectivity index (χ1n) is 5.54. The zero-order valence-corrected chi connectivity index (χ0v) is 9.16. The molecule has 0 spiro atoms. The van der Waals surface area contributed by atoms with Gasteiger partial charge in [-0.1, -0.05) is 39.0 Å². The molecule has 1 saturated carbocycles. The molecule has 1 fully saturated rings. The molecule has 0 aromatic heterocycles. The van der Waals surface area contributed by atoms with Gasteiger partial charge in [-0.2, -0.15) is 0 Å². The van der Waals surface area contributed by atoms with Crippen LogP contribution in [0.25, 0.3) is 0 Å². The third-order valence-corrected chi connectivity index (χ3v) is 4.15. The lowest BCUT2D eigenvalue weighted by Crippen LogP contribution is -2.39. The average molecular weight is 190 g/mol. The van der Waals surface area contributed by atoms with Crippen molar-refractivity contribution in [2.75, 3.05) is 0 Å². The molecule has 0 N–H and O–H groups in total. The number of hydrogen-bond donors (Lipinski definition) is 0. The predicted molar refractivity (Wildman–Crippen MR) is 57.8 cm³/mol. The number of carbonyl (C=O) groups is 1. The van der Waals surface area contributed by atoms with E-state index in [9.17, 15) is 4.79 Å². The van der Waals surface area contributed by atoms with E-state index in [0.717, 1.165) is 12.0 Å². The van der Waals surface area contributed by atoms with Gasteiger partial charge >= 0.3 is 0 Å². The Hall–Kier alpha value is -0.850. The quantitative estimate of drug-likeness (QED) is 0.574. The van der Waals surface area contributed by atoms with Crippen molar-refractivity contribution >= 4 is 5.78 Å². The highest BCUT2D eigenvalue weighted by Crippen LogP contribution is 2.42. The Morgan fingerprint density at radius 2 is 1.93 bits per heavy atom. The molecule has 2 aliphatic carbocycles. The maximum Gasteiger partial charge on any atom is 0.162 e. The molecule has 0 heterocycles. The predicted octanol–water partition coefficient (Wildman–Crippen LogP) is 2.98. The molecule has 2 aliphatic rings. The number of carbonyl (C=O) groups excluding carboxylic acids is 1. The fourth-order valence-electron chi connectivity index (χ4n) is 2.73. The monoisotopic (exact) mass is 190 g/mol. The number of Topliss-reactive ketones (excluding diaryl/α,β-unsaturated/α-hetero) is 1. The molecular weight excluding hydrogens is 172 g/mol. The molecule has 4 unspecified atom stereocenters. The van der Waals surface area contributed by atoms with Crippen LogP contribution in [0.2, 0.25) is 0 Å². The van der Waals surface area contributed by atoms with Crippen LogP contribution in [0.15, 0.2) is 23.8 Å². The van der Waals surface area contributed by atoms with Crippen LogP contribution in [0.1, 0.15) is 27.2 Å². The average Bonchev–Trinajstić information content (AvgIpc) is 2.23. The van der Waals surface area contributed by atoms with E-state index >= 15 is 0 Å². The van der Waals surface area contributed by atoms with Crippen molar-refractivity contribution in [1.82, 2.24) is 0 Å². The summed E-state index contributed by atoms with van der Waals surface area (Å²) in [5.41, 5.74) is 1.07. The molecule has 0 amide bonds. The fourth-order valence-corrected chi connectivity index (χ4v) is 2.73. The van der Waals surface area contributed by atoms with Crippen molar-refractivity contribution in [2.24, 2.45) is 23.7 Å². The van der Waals surface area contributed by atoms with Gasteiger partial charge in [-0.15, -0.1) is 0 Å². The first kappa shape index (κ1) is 9.70. The number of allylic oxidation sites excluding steroid dienone is 4. The van der Waals surface area contributed by atoms with Crippen LogP contribution in [0.5, 0.6) is 0 Å². The van der Waals surface area contributed by atoms with Gasteiger partial charge in [0.25, 0.3) is 0 Å². The SMILES string of the molecule is CC1C(=O)C2=CC=CCC2C(C)C1C. The smallest absolute Gasteiger partial charge is 0.162 e. The second-order valence-electron chi connectivity index (χ2n) is 4.76. The number of rotatable bonds is 0. The number of ketones is 1. The molecule has 0 saturated heterocycles. The summed E-state index contributed by atoms with van der Waals surface area (Å²) in [6.07, 6.45) is 7.28. The van der Waals surface area contributed by atoms with Gasteiger partial charge in [-0.3, -0.25) is 4.79 Å². The zero-order valence-electron chi connectivity index (χ0n) is 9.16. The highest BCUT2D eigenvalue weighted by Gasteiger charge is 2.40. The second kappa shape index (κ2) is 3.38.